The van der Waals surface area contributed by atoms with Gasteiger partial charge in [-0.25, -0.2) is 8.42 Å². The molecule has 0 atom stereocenters. The van der Waals surface area contributed by atoms with Crippen LogP contribution in [0.15, 0.2) is 23.1 Å². The molecule has 7 heteroatoms. The van der Waals surface area contributed by atoms with E-state index in [0.29, 0.717) is 24.6 Å². The third kappa shape index (κ3) is 4.16. The fraction of sp³-hybridized carbons (Fsp3) is 0.625. The standard InChI is InChI=1S/C16H26N2O4S/c1-4-5-8-17-9-11-18(12-10-17)23(19,20)14-6-7-15(21-2)16(13-14)22-3/h6-7,13H,4-5,8-12H2,1-3H3. The molecule has 1 aromatic rings. The molecule has 1 heterocycles. The highest BCUT2D eigenvalue weighted by molar-refractivity contribution is 7.89. The molecule has 1 aliphatic rings. The predicted octanol–water partition coefficient (Wildman–Crippen LogP) is 1.81. The molecule has 0 bridgehead atoms. The van der Waals surface area contributed by atoms with Crippen LogP contribution in [0.3, 0.4) is 0 Å². The Bertz CT molecular complexity index is 611. The average molecular weight is 342 g/mol. The zero-order valence-electron chi connectivity index (χ0n) is 14.1. The molecular weight excluding hydrogens is 316 g/mol. The number of benzene rings is 1. The summed E-state index contributed by atoms with van der Waals surface area (Å²) in [5.41, 5.74) is 0. The van der Waals surface area contributed by atoms with Gasteiger partial charge in [-0.3, -0.25) is 0 Å². The van der Waals surface area contributed by atoms with Crippen molar-refractivity contribution in [2.24, 2.45) is 0 Å². The quantitative estimate of drug-likeness (QED) is 0.756. The lowest BCUT2D eigenvalue weighted by atomic mass is 10.3. The molecule has 0 N–H and O–H groups in total. The van der Waals surface area contributed by atoms with Crippen molar-refractivity contribution in [3.63, 3.8) is 0 Å². The van der Waals surface area contributed by atoms with Crippen molar-refractivity contribution < 1.29 is 17.9 Å². The van der Waals surface area contributed by atoms with Gasteiger partial charge in [0.15, 0.2) is 11.5 Å². The van der Waals surface area contributed by atoms with E-state index in [1.807, 2.05) is 0 Å². The number of piperazine rings is 1. The zero-order chi connectivity index (χ0) is 16.9. The largest absolute Gasteiger partial charge is 0.493 e. The van der Waals surface area contributed by atoms with Gasteiger partial charge in [0.2, 0.25) is 10.0 Å². The average Bonchev–Trinajstić information content (AvgIpc) is 2.59. The minimum absolute atomic E-state index is 0.247. The van der Waals surface area contributed by atoms with E-state index in [2.05, 4.69) is 11.8 Å². The van der Waals surface area contributed by atoms with Gasteiger partial charge in [-0.15, -0.1) is 0 Å². The van der Waals surface area contributed by atoms with E-state index >= 15 is 0 Å². The molecule has 2 rings (SSSR count). The van der Waals surface area contributed by atoms with Crippen molar-refractivity contribution in [2.45, 2.75) is 24.7 Å². The number of sulfonamides is 1. The predicted molar refractivity (Wildman–Crippen MR) is 89.7 cm³/mol. The van der Waals surface area contributed by atoms with Gasteiger partial charge in [0.1, 0.15) is 0 Å². The smallest absolute Gasteiger partial charge is 0.243 e. The molecule has 0 aliphatic carbocycles. The molecule has 0 saturated carbocycles. The van der Waals surface area contributed by atoms with Crippen molar-refractivity contribution in [3.8, 4) is 11.5 Å². The number of hydrogen-bond donors (Lipinski definition) is 0. The summed E-state index contributed by atoms with van der Waals surface area (Å²) in [7, 11) is -0.462. The molecule has 1 aliphatic heterocycles. The number of rotatable bonds is 7. The van der Waals surface area contributed by atoms with Crippen LogP contribution >= 0.6 is 0 Å². The van der Waals surface area contributed by atoms with E-state index in [1.54, 1.807) is 16.4 Å². The second-order valence-corrected chi connectivity index (χ2v) is 7.55. The van der Waals surface area contributed by atoms with E-state index < -0.39 is 10.0 Å². The first-order valence-corrected chi connectivity index (χ1v) is 9.41. The first-order valence-electron chi connectivity index (χ1n) is 7.97. The van der Waals surface area contributed by atoms with Crippen LogP contribution in [0.5, 0.6) is 11.5 Å². The summed E-state index contributed by atoms with van der Waals surface area (Å²) < 4.78 is 37.5. The van der Waals surface area contributed by atoms with Crippen LogP contribution in [-0.4, -0.2) is 64.6 Å². The molecule has 1 aromatic carbocycles. The summed E-state index contributed by atoms with van der Waals surface area (Å²) >= 11 is 0. The Labute approximate surface area is 139 Å². The SMILES string of the molecule is CCCCN1CCN(S(=O)(=O)c2ccc(OC)c(OC)c2)CC1. The normalized spacial score (nSPS) is 17.2. The molecule has 0 spiro atoms. The van der Waals surface area contributed by atoms with Crippen molar-refractivity contribution in [1.82, 2.24) is 9.21 Å². The number of methoxy groups -OCH3 is 2. The summed E-state index contributed by atoms with van der Waals surface area (Å²) in [6, 6.07) is 4.72. The van der Waals surface area contributed by atoms with E-state index in [0.717, 1.165) is 32.5 Å². The monoisotopic (exact) mass is 342 g/mol. The fourth-order valence-electron chi connectivity index (χ4n) is 2.70. The van der Waals surface area contributed by atoms with Crippen molar-refractivity contribution in [2.75, 3.05) is 46.9 Å². The van der Waals surface area contributed by atoms with Crippen LogP contribution in [0.2, 0.25) is 0 Å². The molecule has 130 valence electrons. The van der Waals surface area contributed by atoms with E-state index in [1.165, 1.54) is 20.3 Å². The van der Waals surface area contributed by atoms with E-state index in [-0.39, 0.29) is 4.90 Å². The third-order valence-corrected chi connectivity index (χ3v) is 6.05. The first kappa shape index (κ1) is 18.0. The Kier molecular flexibility index (Phi) is 6.26. The molecule has 1 saturated heterocycles. The number of hydrogen-bond acceptors (Lipinski definition) is 5. The van der Waals surface area contributed by atoms with E-state index in [4.69, 9.17) is 9.47 Å². The summed E-state index contributed by atoms with van der Waals surface area (Å²) in [4.78, 5) is 2.57. The lowest BCUT2D eigenvalue weighted by molar-refractivity contribution is 0.186. The van der Waals surface area contributed by atoms with Crippen molar-refractivity contribution in [1.29, 1.82) is 0 Å². The highest BCUT2D eigenvalue weighted by Crippen LogP contribution is 2.30. The second kappa shape index (κ2) is 7.99. The number of ether oxygens (including phenoxy) is 2. The highest BCUT2D eigenvalue weighted by atomic mass is 32.2. The number of nitrogens with zero attached hydrogens (tertiary/aromatic N) is 2. The van der Waals surface area contributed by atoms with Gasteiger partial charge in [0.25, 0.3) is 0 Å². The summed E-state index contributed by atoms with van der Waals surface area (Å²) in [5.74, 6) is 0.950. The molecule has 0 unspecified atom stereocenters. The maximum Gasteiger partial charge on any atom is 0.243 e. The summed E-state index contributed by atoms with van der Waals surface area (Å²) in [6.07, 6.45) is 2.31. The molecule has 0 radical (unpaired) electrons. The van der Waals surface area contributed by atoms with Gasteiger partial charge in [-0.1, -0.05) is 13.3 Å². The van der Waals surface area contributed by atoms with E-state index in [9.17, 15) is 8.42 Å². The second-order valence-electron chi connectivity index (χ2n) is 5.62. The highest BCUT2D eigenvalue weighted by Gasteiger charge is 2.29. The third-order valence-electron chi connectivity index (χ3n) is 4.15. The fourth-order valence-corrected chi connectivity index (χ4v) is 4.14. The Morgan fingerprint density at radius 3 is 2.26 bits per heavy atom. The topological polar surface area (TPSA) is 59.1 Å². The Hall–Kier alpha value is -1.31. The lowest BCUT2D eigenvalue weighted by Crippen LogP contribution is -2.48. The molecule has 23 heavy (non-hydrogen) atoms. The minimum atomic E-state index is -3.49. The van der Waals surface area contributed by atoms with Gasteiger partial charge in [-0.2, -0.15) is 4.31 Å². The molecule has 1 fully saturated rings. The van der Waals surface area contributed by atoms with Crippen LogP contribution in [-0.2, 0) is 10.0 Å². The van der Waals surface area contributed by atoms with Gasteiger partial charge < -0.3 is 14.4 Å². The number of unbranched alkanes of at least 4 members (excludes halogenated alkanes) is 1. The Morgan fingerprint density at radius 2 is 1.70 bits per heavy atom. The minimum Gasteiger partial charge on any atom is -0.493 e. The maximum absolute atomic E-state index is 12.8. The van der Waals surface area contributed by atoms with Crippen LogP contribution in [0.4, 0.5) is 0 Å². The van der Waals surface area contributed by atoms with Crippen molar-refractivity contribution >= 4 is 10.0 Å². The molecule has 0 aromatic heterocycles. The van der Waals surface area contributed by atoms with Gasteiger partial charge >= 0.3 is 0 Å². The lowest BCUT2D eigenvalue weighted by Gasteiger charge is -2.34. The van der Waals surface area contributed by atoms with Crippen LogP contribution in [0.25, 0.3) is 0 Å². The van der Waals surface area contributed by atoms with Gasteiger partial charge in [0.05, 0.1) is 19.1 Å². The zero-order valence-corrected chi connectivity index (χ0v) is 14.9. The summed E-state index contributed by atoms with van der Waals surface area (Å²) in [6.45, 7) is 5.83. The Morgan fingerprint density at radius 1 is 1.04 bits per heavy atom. The van der Waals surface area contributed by atoms with Gasteiger partial charge in [-0.05, 0) is 25.1 Å². The maximum atomic E-state index is 12.8. The van der Waals surface area contributed by atoms with Crippen LogP contribution in [0.1, 0.15) is 19.8 Å². The molecule has 6 nitrogen and oxygen atoms in total. The van der Waals surface area contributed by atoms with Crippen LogP contribution < -0.4 is 9.47 Å². The molecule has 0 amide bonds. The first-order chi connectivity index (χ1) is 11.0. The van der Waals surface area contributed by atoms with Crippen molar-refractivity contribution in [3.05, 3.63) is 18.2 Å². The Balaban J connectivity index is 2.10. The van der Waals surface area contributed by atoms with Crippen LogP contribution in [0, 0.1) is 0 Å². The molecular formula is C16H26N2O4S. The summed E-state index contributed by atoms with van der Waals surface area (Å²) in [5, 5.41) is 0. The van der Waals surface area contributed by atoms with Gasteiger partial charge in [0, 0.05) is 32.2 Å².